The molecule has 1 heterocycles. The Bertz CT molecular complexity index is 197. The lowest BCUT2D eigenvalue weighted by Gasteiger charge is -2.01. The molecule has 0 aliphatic heterocycles. The summed E-state index contributed by atoms with van der Waals surface area (Å²) in [4.78, 5) is 0. The van der Waals surface area contributed by atoms with Crippen LogP contribution in [0.15, 0.2) is 18.3 Å². The van der Waals surface area contributed by atoms with Crippen LogP contribution < -0.4 is 5.44 Å². The van der Waals surface area contributed by atoms with E-state index in [1.165, 1.54) is 5.44 Å². The van der Waals surface area contributed by atoms with Gasteiger partial charge in [0, 0.05) is 13.2 Å². The molecular weight excluding hydrogens is 265 g/mol. The molecule has 0 amide bonds. The van der Waals surface area contributed by atoms with E-state index in [1.807, 2.05) is 19.3 Å². The van der Waals surface area contributed by atoms with Gasteiger partial charge < -0.3 is 4.57 Å². The number of halogens is 2. The summed E-state index contributed by atoms with van der Waals surface area (Å²) in [6.07, 6.45) is 2.03. The highest BCUT2D eigenvalue weighted by Gasteiger charge is 2.03. The van der Waals surface area contributed by atoms with Crippen molar-refractivity contribution >= 4 is 41.7 Å². The van der Waals surface area contributed by atoms with Gasteiger partial charge in [-0.25, -0.2) is 0 Å². The summed E-state index contributed by atoms with van der Waals surface area (Å²) in [7, 11) is 2.03. The molecule has 0 aromatic carbocycles. The van der Waals surface area contributed by atoms with E-state index in [0.29, 0.717) is 0 Å². The van der Waals surface area contributed by atoms with Crippen molar-refractivity contribution in [3.8, 4) is 0 Å². The quantitative estimate of drug-likeness (QED) is 0.692. The molecule has 0 saturated carbocycles. The lowest BCUT2D eigenvalue weighted by molar-refractivity contribution is 0.961. The normalized spacial score (nSPS) is 10.7. The van der Waals surface area contributed by atoms with Gasteiger partial charge in [0.25, 0.3) is 0 Å². The summed E-state index contributed by atoms with van der Waals surface area (Å²) < 4.78 is 2.09. The van der Waals surface area contributed by atoms with Gasteiger partial charge in [-0.3, -0.25) is 0 Å². The van der Waals surface area contributed by atoms with E-state index in [4.69, 9.17) is 0 Å². The molecule has 0 fully saturated rings. The molecule has 0 radical (unpaired) electrons. The molecule has 1 aromatic heterocycles. The average molecular weight is 271 g/mol. The molecule has 0 bridgehead atoms. The maximum atomic E-state index is 3.47. The van der Waals surface area contributed by atoms with E-state index < -0.39 is 0 Å². The maximum Gasteiger partial charge on any atom is 0.0824 e. The number of aromatic nitrogens is 1. The van der Waals surface area contributed by atoms with Crippen molar-refractivity contribution in [1.82, 2.24) is 4.57 Å². The van der Waals surface area contributed by atoms with Crippen molar-refractivity contribution in [3.05, 3.63) is 18.3 Å². The third-order valence-corrected chi connectivity index (χ3v) is 4.08. The highest BCUT2D eigenvalue weighted by atomic mass is 79.9. The SMILES string of the molecule is Cn1cccc1P(Br)Br. The average Bonchev–Trinajstić information content (AvgIpc) is 2.13. The highest BCUT2D eigenvalue weighted by Crippen LogP contribution is 2.50. The van der Waals surface area contributed by atoms with Crippen LogP contribution >= 0.6 is 36.3 Å². The van der Waals surface area contributed by atoms with E-state index in [-0.39, 0.29) is 5.33 Å². The zero-order valence-corrected chi connectivity index (χ0v) is 8.95. The molecule has 0 aliphatic carbocycles. The van der Waals surface area contributed by atoms with Crippen LogP contribution in [0.25, 0.3) is 0 Å². The second-order valence-corrected chi connectivity index (χ2v) is 9.75. The number of rotatable bonds is 1. The summed E-state index contributed by atoms with van der Waals surface area (Å²) >= 11 is 6.95. The lowest BCUT2D eigenvalue weighted by atomic mass is 10.7. The van der Waals surface area contributed by atoms with Gasteiger partial charge in [0.1, 0.15) is 0 Å². The number of aryl methyl sites for hydroxylation is 1. The minimum atomic E-state index is -0.291. The van der Waals surface area contributed by atoms with Crippen molar-refractivity contribution < 1.29 is 0 Å². The molecule has 0 atom stereocenters. The van der Waals surface area contributed by atoms with Crippen molar-refractivity contribution in [2.45, 2.75) is 0 Å². The van der Waals surface area contributed by atoms with Crippen molar-refractivity contribution in [2.75, 3.05) is 0 Å². The molecule has 1 rings (SSSR count). The van der Waals surface area contributed by atoms with Crippen LogP contribution in [0.2, 0.25) is 0 Å². The van der Waals surface area contributed by atoms with Gasteiger partial charge in [0.15, 0.2) is 0 Å². The molecule has 9 heavy (non-hydrogen) atoms. The minimum absolute atomic E-state index is 0.291. The summed E-state index contributed by atoms with van der Waals surface area (Å²) in [5, 5.41) is -0.291. The first-order chi connectivity index (χ1) is 4.22. The minimum Gasteiger partial charge on any atom is -0.349 e. The monoisotopic (exact) mass is 269 g/mol. The molecule has 0 aliphatic rings. The number of nitrogens with zero attached hydrogens (tertiary/aromatic N) is 1. The Morgan fingerprint density at radius 2 is 2.22 bits per heavy atom. The topological polar surface area (TPSA) is 4.93 Å². The fraction of sp³-hybridized carbons (Fsp3) is 0.200. The van der Waals surface area contributed by atoms with Crippen LogP contribution in [0.4, 0.5) is 0 Å². The predicted octanol–water partition coefficient (Wildman–Crippen LogP) is 2.75. The standard InChI is InChI=1S/C5H6Br2NP/c1-8-4-2-3-5(8)9(6)7/h2-4H,1H3. The molecular formula is C5H6Br2NP. The van der Waals surface area contributed by atoms with Crippen LogP contribution in [0, 0.1) is 0 Å². The lowest BCUT2D eigenvalue weighted by Crippen LogP contribution is -2.04. The largest absolute Gasteiger partial charge is 0.349 e. The number of hydrogen-bond donors (Lipinski definition) is 0. The summed E-state index contributed by atoms with van der Waals surface area (Å²) in [6, 6.07) is 4.13. The fourth-order valence-corrected chi connectivity index (χ4v) is 3.34. The highest BCUT2D eigenvalue weighted by molar-refractivity contribution is 9.70. The zero-order chi connectivity index (χ0) is 6.85. The maximum absolute atomic E-state index is 3.47. The Kier molecular flexibility index (Phi) is 2.74. The van der Waals surface area contributed by atoms with Crippen LogP contribution in [-0.2, 0) is 7.05 Å². The van der Waals surface area contributed by atoms with Gasteiger partial charge in [0.05, 0.1) is 10.8 Å². The van der Waals surface area contributed by atoms with Crippen molar-refractivity contribution in [1.29, 1.82) is 0 Å². The Hall–Kier alpha value is 0.670. The predicted molar refractivity (Wildman–Crippen MR) is 49.8 cm³/mol. The first-order valence-corrected chi connectivity index (χ1v) is 7.83. The van der Waals surface area contributed by atoms with Gasteiger partial charge >= 0.3 is 0 Å². The molecule has 0 saturated heterocycles. The Morgan fingerprint density at radius 1 is 1.56 bits per heavy atom. The van der Waals surface area contributed by atoms with Crippen molar-refractivity contribution in [2.24, 2.45) is 7.05 Å². The van der Waals surface area contributed by atoms with Gasteiger partial charge in [-0.15, -0.1) is 0 Å². The Morgan fingerprint density at radius 3 is 2.44 bits per heavy atom. The first-order valence-electron chi connectivity index (χ1n) is 2.45. The second kappa shape index (κ2) is 3.18. The van der Waals surface area contributed by atoms with Gasteiger partial charge in [-0.2, -0.15) is 0 Å². The van der Waals surface area contributed by atoms with Crippen LogP contribution in [0.3, 0.4) is 0 Å². The van der Waals surface area contributed by atoms with Crippen LogP contribution in [0.1, 0.15) is 0 Å². The smallest absolute Gasteiger partial charge is 0.0824 e. The molecule has 0 unspecified atom stereocenters. The van der Waals surface area contributed by atoms with Crippen LogP contribution in [-0.4, -0.2) is 4.57 Å². The summed E-state index contributed by atoms with van der Waals surface area (Å²) in [6.45, 7) is 0. The molecule has 0 spiro atoms. The van der Waals surface area contributed by atoms with E-state index in [1.54, 1.807) is 0 Å². The molecule has 1 nitrogen and oxygen atoms in total. The van der Waals surface area contributed by atoms with E-state index >= 15 is 0 Å². The zero-order valence-electron chi connectivity index (χ0n) is 4.88. The molecule has 50 valence electrons. The van der Waals surface area contributed by atoms with Crippen LogP contribution in [0.5, 0.6) is 0 Å². The Labute approximate surface area is 71.7 Å². The van der Waals surface area contributed by atoms with E-state index in [2.05, 4.69) is 41.6 Å². The number of hydrogen-bond acceptors (Lipinski definition) is 0. The molecule has 0 N–H and O–H groups in total. The molecule has 4 heteroatoms. The van der Waals surface area contributed by atoms with Crippen molar-refractivity contribution in [3.63, 3.8) is 0 Å². The van der Waals surface area contributed by atoms with Gasteiger partial charge in [-0.1, -0.05) is 0 Å². The van der Waals surface area contributed by atoms with Gasteiger partial charge in [0.2, 0.25) is 0 Å². The van der Waals surface area contributed by atoms with E-state index in [0.717, 1.165) is 0 Å². The fourth-order valence-electron chi connectivity index (χ4n) is 0.628. The molecule has 1 aromatic rings. The van der Waals surface area contributed by atoms with E-state index in [9.17, 15) is 0 Å². The summed E-state index contributed by atoms with van der Waals surface area (Å²) in [5.74, 6) is 0. The second-order valence-electron chi connectivity index (χ2n) is 1.71. The third kappa shape index (κ3) is 1.79. The summed E-state index contributed by atoms with van der Waals surface area (Å²) in [5.41, 5.74) is 1.30. The van der Waals surface area contributed by atoms with Gasteiger partial charge in [-0.05, 0) is 43.1 Å². The first kappa shape index (κ1) is 7.77. The third-order valence-electron chi connectivity index (χ3n) is 1.09. The Balaban J connectivity index is 2.94.